The molecule has 1 aliphatic carbocycles. The first kappa shape index (κ1) is 10.2. The molecule has 78 valence electrons. The highest BCUT2D eigenvalue weighted by Crippen LogP contribution is 2.37. The molecule has 2 N–H and O–H groups in total. The zero-order valence-electron chi connectivity index (χ0n) is 8.44. The Morgan fingerprint density at radius 3 is 2.86 bits per heavy atom. The van der Waals surface area contributed by atoms with E-state index in [0.717, 1.165) is 12.2 Å². The third-order valence-corrected chi connectivity index (χ3v) is 3.78. The van der Waals surface area contributed by atoms with E-state index < -0.39 is 0 Å². The van der Waals surface area contributed by atoms with Crippen molar-refractivity contribution in [3.63, 3.8) is 0 Å². The smallest absolute Gasteiger partial charge is 0.0798 e. The predicted molar refractivity (Wildman–Crippen MR) is 60.3 cm³/mol. The van der Waals surface area contributed by atoms with Crippen molar-refractivity contribution in [3.05, 3.63) is 15.9 Å². The van der Waals surface area contributed by atoms with Crippen LogP contribution in [0.25, 0.3) is 0 Å². The van der Waals surface area contributed by atoms with E-state index in [0.29, 0.717) is 5.92 Å². The highest BCUT2D eigenvalue weighted by molar-refractivity contribution is 9.10. The first-order chi connectivity index (χ1) is 6.83. The van der Waals surface area contributed by atoms with E-state index in [1.807, 2.05) is 7.05 Å². The monoisotopic (exact) mass is 257 g/mol. The summed E-state index contributed by atoms with van der Waals surface area (Å²) in [5.41, 5.74) is 2.39. The molecule has 1 aromatic heterocycles. The van der Waals surface area contributed by atoms with Crippen molar-refractivity contribution in [2.45, 2.75) is 38.1 Å². The number of aromatic nitrogens is 2. The highest BCUT2D eigenvalue weighted by Gasteiger charge is 2.23. The molecule has 0 unspecified atom stereocenters. The van der Waals surface area contributed by atoms with Gasteiger partial charge in [-0.05, 0) is 35.8 Å². The molecular formula is C10H16BrN3. The van der Waals surface area contributed by atoms with Crippen LogP contribution in [-0.4, -0.2) is 17.2 Å². The fourth-order valence-electron chi connectivity index (χ4n) is 2.14. The van der Waals surface area contributed by atoms with Crippen molar-refractivity contribution >= 4 is 15.9 Å². The van der Waals surface area contributed by atoms with E-state index in [2.05, 4.69) is 31.4 Å². The summed E-state index contributed by atoms with van der Waals surface area (Å²) >= 11 is 3.63. The number of halogens is 1. The van der Waals surface area contributed by atoms with Crippen LogP contribution in [0.15, 0.2) is 4.47 Å². The number of nitrogens with zero attached hydrogens (tertiary/aromatic N) is 1. The minimum atomic E-state index is 0.672. The number of rotatable bonds is 3. The Kier molecular flexibility index (Phi) is 3.23. The first-order valence-electron chi connectivity index (χ1n) is 5.20. The molecule has 0 amide bonds. The summed E-state index contributed by atoms with van der Waals surface area (Å²) in [5, 5.41) is 10.6. The Labute approximate surface area is 92.8 Å². The van der Waals surface area contributed by atoms with Crippen molar-refractivity contribution in [3.8, 4) is 0 Å². The molecule has 4 heteroatoms. The molecule has 0 aromatic carbocycles. The summed E-state index contributed by atoms with van der Waals surface area (Å²) in [4.78, 5) is 0. The third kappa shape index (κ3) is 1.86. The number of hydrogen-bond donors (Lipinski definition) is 2. The zero-order chi connectivity index (χ0) is 9.97. The molecule has 1 aliphatic rings. The van der Waals surface area contributed by atoms with E-state index in [1.54, 1.807) is 0 Å². The highest BCUT2D eigenvalue weighted by atomic mass is 79.9. The average molecular weight is 258 g/mol. The van der Waals surface area contributed by atoms with Gasteiger partial charge in [-0.25, -0.2) is 0 Å². The maximum absolute atomic E-state index is 4.40. The average Bonchev–Trinajstić information content (AvgIpc) is 2.77. The molecule has 1 saturated carbocycles. The summed E-state index contributed by atoms with van der Waals surface area (Å²) in [6.45, 7) is 0.848. The summed E-state index contributed by atoms with van der Waals surface area (Å²) in [5.74, 6) is 0.672. The number of aromatic amines is 1. The second-order valence-corrected chi connectivity index (χ2v) is 4.71. The van der Waals surface area contributed by atoms with Crippen LogP contribution in [0.5, 0.6) is 0 Å². The molecule has 0 spiro atoms. The van der Waals surface area contributed by atoms with Crippen LogP contribution in [-0.2, 0) is 6.54 Å². The van der Waals surface area contributed by atoms with Gasteiger partial charge in [-0.1, -0.05) is 12.8 Å². The van der Waals surface area contributed by atoms with Crippen molar-refractivity contribution in [2.24, 2.45) is 0 Å². The molecule has 0 aliphatic heterocycles. The van der Waals surface area contributed by atoms with Crippen molar-refractivity contribution in [1.29, 1.82) is 0 Å². The topological polar surface area (TPSA) is 40.7 Å². The molecule has 3 nitrogen and oxygen atoms in total. The third-order valence-electron chi connectivity index (χ3n) is 2.90. The molecular weight excluding hydrogens is 242 g/mol. The number of H-pyrrole nitrogens is 1. The van der Waals surface area contributed by atoms with Gasteiger partial charge >= 0.3 is 0 Å². The lowest BCUT2D eigenvalue weighted by Gasteiger charge is -2.05. The molecule has 0 atom stereocenters. The standard InChI is InChI=1S/C10H16BrN3/c1-12-6-8-9(11)10(14-13-8)7-4-2-3-5-7/h7,12H,2-6H2,1H3,(H,13,14). The van der Waals surface area contributed by atoms with Gasteiger partial charge in [-0.3, -0.25) is 5.10 Å². The molecule has 0 bridgehead atoms. The second-order valence-electron chi connectivity index (χ2n) is 3.91. The van der Waals surface area contributed by atoms with E-state index in [1.165, 1.54) is 35.8 Å². The Morgan fingerprint density at radius 1 is 1.50 bits per heavy atom. The van der Waals surface area contributed by atoms with Crippen molar-refractivity contribution < 1.29 is 0 Å². The van der Waals surface area contributed by atoms with Crippen LogP contribution in [0.1, 0.15) is 43.0 Å². The number of hydrogen-bond acceptors (Lipinski definition) is 2. The fourth-order valence-corrected chi connectivity index (χ4v) is 2.79. The lowest BCUT2D eigenvalue weighted by Crippen LogP contribution is -2.05. The molecule has 1 aromatic rings. The van der Waals surface area contributed by atoms with Crippen molar-refractivity contribution in [1.82, 2.24) is 15.5 Å². The van der Waals surface area contributed by atoms with Gasteiger partial charge in [-0.15, -0.1) is 0 Å². The van der Waals surface area contributed by atoms with Crippen LogP contribution in [0.3, 0.4) is 0 Å². The molecule has 0 radical (unpaired) electrons. The van der Waals surface area contributed by atoms with Gasteiger partial charge in [0.05, 0.1) is 15.9 Å². The Hall–Kier alpha value is -0.350. The van der Waals surface area contributed by atoms with Crippen molar-refractivity contribution in [2.75, 3.05) is 7.05 Å². The summed E-state index contributed by atoms with van der Waals surface area (Å²) in [6.07, 6.45) is 5.29. The van der Waals surface area contributed by atoms with E-state index >= 15 is 0 Å². The Balaban J connectivity index is 2.17. The summed E-state index contributed by atoms with van der Waals surface area (Å²) in [7, 11) is 1.95. The van der Waals surface area contributed by atoms with E-state index in [4.69, 9.17) is 0 Å². The lowest BCUT2D eigenvalue weighted by molar-refractivity contribution is 0.690. The molecule has 1 heterocycles. The van der Waals surface area contributed by atoms with Gasteiger partial charge in [-0.2, -0.15) is 5.10 Å². The van der Waals surface area contributed by atoms with Crippen LogP contribution in [0, 0.1) is 0 Å². The fraction of sp³-hybridized carbons (Fsp3) is 0.700. The number of nitrogens with one attached hydrogen (secondary N) is 2. The normalized spacial score (nSPS) is 17.9. The molecule has 1 fully saturated rings. The van der Waals surface area contributed by atoms with Gasteiger partial charge < -0.3 is 5.32 Å². The van der Waals surface area contributed by atoms with Gasteiger partial charge in [0.1, 0.15) is 0 Å². The minimum Gasteiger partial charge on any atom is -0.314 e. The maximum atomic E-state index is 4.40. The second kappa shape index (κ2) is 4.45. The van der Waals surface area contributed by atoms with E-state index in [-0.39, 0.29) is 0 Å². The first-order valence-corrected chi connectivity index (χ1v) is 5.99. The van der Waals surface area contributed by atoms with Gasteiger partial charge in [0.2, 0.25) is 0 Å². The summed E-state index contributed by atoms with van der Waals surface area (Å²) < 4.78 is 1.18. The van der Waals surface area contributed by atoms with Crippen LogP contribution >= 0.6 is 15.9 Å². The Morgan fingerprint density at radius 2 is 2.21 bits per heavy atom. The minimum absolute atomic E-state index is 0.672. The van der Waals surface area contributed by atoms with Crippen LogP contribution < -0.4 is 5.32 Å². The zero-order valence-corrected chi connectivity index (χ0v) is 10.0. The summed E-state index contributed by atoms with van der Waals surface area (Å²) in [6, 6.07) is 0. The van der Waals surface area contributed by atoms with Gasteiger partial charge in [0, 0.05) is 12.5 Å². The van der Waals surface area contributed by atoms with Crippen LogP contribution in [0.4, 0.5) is 0 Å². The Bertz CT molecular complexity index is 302. The van der Waals surface area contributed by atoms with Gasteiger partial charge in [0.15, 0.2) is 0 Å². The lowest BCUT2D eigenvalue weighted by atomic mass is 10.0. The van der Waals surface area contributed by atoms with E-state index in [9.17, 15) is 0 Å². The SMILES string of the molecule is CNCc1[nH]nc(C2CCCC2)c1Br. The molecule has 14 heavy (non-hydrogen) atoms. The van der Waals surface area contributed by atoms with Gasteiger partial charge in [0.25, 0.3) is 0 Å². The predicted octanol–water partition coefficient (Wildman–Crippen LogP) is 2.55. The molecule has 2 rings (SSSR count). The maximum Gasteiger partial charge on any atom is 0.0798 e. The van der Waals surface area contributed by atoms with Crippen LogP contribution in [0.2, 0.25) is 0 Å². The quantitative estimate of drug-likeness (QED) is 0.874. The molecule has 0 saturated heterocycles. The largest absolute Gasteiger partial charge is 0.314 e.